The summed E-state index contributed by atoms with van der Waals surface area (Å²) >= 11 is 6.33. The van der Waals surface area contributed by atoms with Gasteiger partial charge >= 0.3 is 0 Å². The van der Waals surface area contributed by atoms with E-state index in [0.717, 1.165) is 21.0 Å². The van der Waals surface area contributed by atoms with Gasteiger partial charge in [-0.05, 0) is 61.7 Å². The van der Waals surface area contributed by atoms with Gasteiger partial charge in [-0.1, -0.05) is 96.0 Å². The molecule has 43 heavy (non-hydrogen) atoms. The van der Waals surface area contributed by atoms with Crippen LogP contribution in [0.2, 0.25) is 5.02 Å². The minimum absolute atomic E-state index is 0.0389. The Balaban J connectivity index is 1.82. The van der Waals surface area contributed by atoms with Crippen molar-refractivity contribution < 1.29 is 18.0 Å². The smallest absolute Gasteiger partial charge is 0.264 e. The predicted molar refractivity (Wildman–Crippen MR) is 172 cm³/mol. The topological polar surface area (TPSA) is 86.8 Å². The fourth-order valence-electron chi connectivity index (χ4n) is 4.94. The summed E-state index contributed by atoms with van der Waals surface area (Å²) in [5.74, 6) is -0.837. The van der Waals surface area contributed by atoms with Gasteiger partial charge in [0.05, 0.1) is 10.6 Å². The lowest BCUT2D eigenvalue weighted by Crippen LogP contribution is -2.53. The molecule has 2 amide bonds. The Labute approximate surface area is 259 Å². The van der Waals surface area contributed by atoms with E-state index in [4.69, 9.17) is 11.6 Å². The quantitative estimate of drug-likeness (QED) is 0.214. The van der Waals surface area contributed by atoms with E-state index >= 15 is 0 Å². The third-order valence-corrected chi connectivity index (χ3v) is 9.12. The molecule has 0 aliphatic carbocycles. The van der Waals surface area contributed by atoms with Crippen LogP contribution in [0.5, 0.6) is 0 Å². The first-order valence-corrected chi connectivity index (χ1v) is 15.9. The van der Waals surface area contributed by atoms with Gasteiger partial charge in [-0.15, -0.1) is 0 Å². The van der Waals surface area contributed by atoms with Crippen molar-refractivity contribution in [2.75, 3.05) is 17.4 Å². The summed E-state index contributed by atoms with van der Waals surface area (Å²) in [5.41, 5.74) is 3.63. The van der Waals surface area contributed by atoms with E-state index in [0.29, 0.717) is 17.1 Å². The first-order chi connectivity index (χ1) is 20.6. The molecule has 0 aliphatic heterocycles. The van der Waals surface area contributed by atoms with Gasteiger partial charge in [-0.3, -0.25) is 13.9 Å². The maximum absolute atomic E-state index is 14.4. The lowest BCUT2D eigenvalue weighted by Gasteiger charge is -2.34. The summed E-state index contributed by atoms with van der Waals surface area (Å²) in [6, 6.07) is 29.2. The number of aryl methyl sites for hydroxylation is 2. The van der Waals surface area contributed by atoms with Crippen LogP contribution < -0.4 is 9.62 Å². The molecule has 1 N–H and O–H groups in total. The van der Waals surface area contributed by atoms with Crippen molar-refractivity contribution in [1.29, 1.82) is 0 Å². The van der Waals surface area contributed by atoms with Gasteiger partial charge in [0.2, 0.25) is 11.8 Å². The molecule has 9 heteroatoms. The zero-order chi connectivity index (χ0) is 31.0. The van der Waals surface area contributed by atoms with Gasteiger partial charge in [-0.25, -0.2) is 8.42 Å². The molecule has 0 bridgehead atoms. The van der Waals surface area contributed by atoms with Gasteiger partial charge in [0.25, 0.3) is 10.0 Å². The largest absolute Gasteiger partial charge is 0.355 e. The van der Waals surface area contributed by atoms with Gasteiger partial charge < -0.3 is 10.2 Å². The number of hydrogen-bond acceptors (Lipinski definition) is 4. The van der Waals surface area contributed by atoms with E-state index < -0.39 is 28.5 Å². The average Bonchev–Trinajstić information content (AvgIpc) is 3.00. The van der Waals surface area contributed by atoms with Crippen LogP contribution in [-0.4, -0.2) is 44.3 Å². The molecule has 0 radical (unpaired) electrons. The lowest BCUT2D eigenvalue weighted by molar-refractivity contribution is -0.140. The van der Waals surface area contributed by atoms with E-state index in [2.05, 4.69) is 5.32 Å². The molecular formula is C34H36ClN3O4S. The Morgan fingerprint density at radius 2 is 1.49 bits per heavy atom. The number of nitrogens with one attached hydrogen (secondary N) is 1. The van der Waals surface area contributed by atoms with Crippen LogP contribution in [0.1, 0.15) is 29.2 Å². The first kappa shape index (κ1) is 31.8. The minimum Gasteiger partial charge on any atom is -0.355 e. The molecule has 0 heterocycles. The molecule has 7 nitrogen and oxygen atoms in total. The minimum atomic E-state index is -4.19. The van der Waals surface area contributed by atoms with Crippen molar-refractivity contribution in [3.05, 3.63) is 130 Å². The van der Waals surface area contributed by atoms with Crippen LogP contribution in [0.3, 0.4) is 0 Å². The van der Waals surface area contributed by atoms with Crippen LogP contribution in [0.15, 0.2) is 108 Å². The highest BCUT2D eigenvalue weighted by atomic mass is 35.5. The van der Waals surface area contributed by atoms with Gasteiger partial charge in [0.1, 0.15) is 12.6 Å². The van der Waals surface area contributed by atoms with E-state index in [1.165, 1.54) is 17.0 Å². The highest BCUT2D eigenvalue weighted by Gasteiger charge is 2.35. The van der Waals surface area contributed by atoms with Gasteiger partial charge in [-0.2, -0.15) is 0 Å². The summed E-state index contributed by atoms with van der Waals surface area (Å²) in [6.45, 7) is 5.50. The number of anilines is 1. The first-order valence-electron chi connectivity index (χ1n) is 14.1. The maximum atomic E-state index is 14.4. The van der Waals surface area contributed by atoms with Crippen molar-refractivity contribution in [2.45, 2.75) is 44.7 Å². The van der Waals surface area contributed by atoms with Crippen LogP contribution in [-0.2, 0) is 32.6 Å². The summed E-state index contributed by atoms with van der Waals surface area (Å²) in [5, 5.41) is 3.21. The Kier molecular flexibility index (Phi) is 10.6. The average molecular weight is 618 g/mol. The number of sulfonamides is 1. The second-order valence-electron chi connectivity index (χ2n) is 10.4. The van der Waals surface area contributed by atoms with Crippen molar-refractivity contribution in [1.82, 2.24) is 10.2 Å². The lowest BCUT2D eigenvalue weighted by atomic mass is 10.0. The maximum Gasteiger partial charge on any atom is 0.264 e. The summed E-state index contributed by atoms with van der Waals surface area (Å²) in [7, 11) is -4.19. The van der Waals surface area contributed by atoms with Crippen molar-refractivity contribution in [3.8, 4) is 0 Å². The Morgan fingerprint density at radius 3 is 2.14 bits per heavy atom. The normalized spacial score (nSPS) is 11.9. The van der Waals surface area contributed by atoms with Crippen LogP contribution in [0, 0.1) is 13.8 Å². The Morgan fingerprint density at radius 1 is 0.837 bits per heavy atom. The second kappa shape index (κ2) is 14.4. The Bertz CT molecular complexity index is 1660. The van der Waals surface area contributed by atoms with Crippen molar-refractivity contribution in [2.24, 2.45) is 0 Å². The number of carbonyl (C=O) groups excluding carboxylic acids is 2. The fourth-order valence-corrected chi connectivity index (χ4v) is 6.60. The molecular weight excluding hydrogens is 582 g/mol. The van der Waals surface area contributed by atoms with E-state index in [1.807, 2.05) is 68.4 Å². The molecule has 0 aliphatic rings. The van der Waals surface area contributed by atoms with Crippen LogP contribution in [0.25, 0.3) is 0 Å². The monoisotopic (exact) mass is 617 g/mol. The highest BCUT2D eigenvalue weighted by molar-refractivity contribution is 7.92. The summed E-state index contributed by atoms with van der Waals surface area (Å²) in [6.07, 6.45) is 0.256. The molecule has 4 rings (SSSR count). The van der Waals surface area contributed by atoms with Crippen LogP contribution >= 0.6 is 11.6 Å². The number of benzene rings is 4. The van der Waals surface area contributed by atoms with Crippen molar-refractivity contribution in [3.63, 3.8) is 0 Å². The molecule has 0 unspecified atom stereocenters. The highest BCUT2D eigenvalue weighted by Crippen LogP contribution is 2.30. The van der Waals surface area contributed by atoms with Crippen LogP contribution in [0.4, 0.5) is 5.69 Å². The number of hydrogen-bond donors (Lipinski definition) is 1. The zero-order valence-corrected chi connectivity index (χ0v) is 26.1. The number of amides is 2. The number of likely N-dealkylation sites (N-methyl/N-ethyl adjacent to an activating group) is 1. The zero-order valence-electron chi connectivity index (χ0n) is 24.5. The molecule has 224 valence electrons. The SMILES string of the molecule is CCNC(=O)[C@H](Cc1ccccc1)N(Cc1cccc(C)c1)C(=O)CN(c1cc(Cl)ccc1C)S(=O)(=O)c1ccccc1. The van der Waals surface area contributed by atoms with Gasteiger partial charge in [0, 0.05) is 24.5 Å². The molecule has 0 saturated carbocycles. The number of rotatable bonds is 12. The molecule has 4 aromatic rings. The third-order valence-electron chi connectivity index (χ3n) is 7.11. The second-order valence-corrected chi connectivity index (χ2v) is 12.7. The van der Waals surface area contributed by atoms with E-state index in [9.17, 15) is 18.0 Å². The molecule has 0 aromatic heterocycles. The predicted octanol–water partition coefficient (Wildman–Crippen LogP) is 5.93. The molecule has 0 saturated heterocycles. The Hall–Kier alpha value is -4.14. The van der Waals surface area contributed by atoms with Crippen molar-refractivity contribution >= 4 is 39.1 Å². The number of halogens is 1. The van der Waals surface area contributed by atoms with E-state index in [1.54, 1.807) is 43.3 Å². The summed E-state index contributed by atoms with van der Waals surface area (Å²) in [4.78, 5) is 29.5. The van der Waals surface area contributed by atoms with E-state index in [-0.39, 0.29) is 29.5 Å². The molecule has 0 fully saturated rings. The number of carbonyl (C=O) groups is 2. The molecule has 0 spiro atoms. The molecule has 4 aromatic carbocycles. The molecule has 1 atom stereocenters. The fraction of sp³-hybridized carbons (Fsp3) is 0.235. The third kappa shape index (κ3) is 8.03. The number of nitrogens with zero attached hydrogens (tertiary/aromatic N) is 2. The summed E-state index contributed by atoms with van der Waals surface area (Å²) < 4.78 is 29.3. The standard InChI is InChI=1S/C34H36ClN3O4S/c1-4-36-34(40)32(21-27-13-7-5-8-14-27)37(23-28-15-11-12-25(2)20-28)33(39)24-38(31-22-29(35)19-18-26(31)3)43(41,42)30-16-9-6-10-17-30/h5-20,22,32H,4,21,23-24H2,1-3H3,(H,36,40)/t32-/m0/s1. The van der Waals surface area contributed by atoms with Gasteiger partial charge in [0.15, 0.2) is 0 Å².